The van der Waals surface area contributed by atoms with Crippen molar-refractivity contribution in [2.75, 3.05) is 0 Å². The van der Waals surface area contributed by atoms with Crippen LogP contribution in [0.15, 0.2) is 47.6 Å². The van der Waals surface area contributed by atoms with Gasteiger partial charge in [0, 0.05) is 22.7 Å². The van der Waals surface area contributed by atoms with Crippen LogP contribution in [0.4, 0.5) is 0 Å². The second-order valence-corrected chi connectivity index (χ2v) is 14.8. The van der Waals surface area contributed by atoms with Crippen LogP contribution in [-0.2, 0) is 4.79 Å². The summed E-state index contributed by atoms with van der Waals surface area (Å²) < 4.78 is 0. The Morgan fingerprint density at radius 1 is 0.625 bits per heavy atom. The van der Waals surface area contributed by atoms with E-state index in [2.05, 4.69) is 133 Å². The number of Topliss-reactive ketones (excluding diaryl/α,β-unsaturated/α-hetero) is 1. The minimum Gasteiger partial charge on any atom is -0.298 e. The van der Waals surface area contributed by atoms with Crippen LogP contribution in [-0.4, -0.2) is 5.78 Å². The third-order valence-electron chi connectivity index (χ3n) is 8.79. The van der Waals surface area contributed by atoms with Gasteiger partial charge in [-0.15, -0.1) is 0 Å². The number of carbonyl (C=O) groups is 1. The molecule has 0 aromatic heterocycles. The summed E-state index contributed by atoms with van der Waals surface area (Å²) in [6.07, 6.45) is 13.4. The molecule has 4 atom stereocenters. The summed E-state index contributed by atoms with van der Waals surface area (Å²) in [5.41, 5.74) is 1.75. The average molecular weight is 439 g/mol. The Hall–Kier alpha value is -1.37. The van der Waals surface area contributed by atoms with Crippen molar-refractivity contribution in [2.45, 2.75) is 96.9 Å². The molecule has 180 valence electrons. The lowest BCUT2D eigenvalue weighted by molar-refractivity contribution is -0.135. The van der Waals surface area contributed by atoms with E-state index in [1.807, 2.05) is 0 Å². The average Bonchev–Trinajstić information content (AvgIpc) is 2.57. The maximum absolute atomic E-state index is 15.0. The highest BCUT2D eigenvalue weighted by Gasteiger charge is 2.57. The van der Waals surface area contributed by atoms with Crippen molar-refractivity contribution in [3.8, 4) is 0 Å². The third kappa shape index (κ3) is 4.38. The van der Waals surface area contributed by atoms with E-state index in [0.29, 0.717) is 5.78 Å². The molecule has 1 nitrogen and oxygen atoms in total. The summed E-state index contributed by atoms with van der Waals surface area (Å²) in [5, 5.41) is 0. The Morgan fingerprint density at radius 2 is 0.906 bits per heavy atom. The van der Waals surface area contributed by atoms with E-state index < -0.39 is 0 Å². The monoisotopic (exact) mass is 438 g/mol. The molecule has 0 aliphatic heterocycles. The molecule has 4 unspecified atom stereocenters. The molecular weight excluding hydrogens is 388 g/mol. The first-order chi connectivity index (χ1) is 14.1. The van der Waals surface area contributed by atoms with Gasteiger partial charge in [0.05, 0.1) is 0 Å². The van der Waals surface area contributed by atoms with Crippen molar-refractivity contribution in [2.24, 2.45) is 44.3 Å². The fourth-order valence-electron chi connectivity index (χ4n) is 5.53. The van der Waals surface area contributed by atoms with Gasteiger partial charge in [-0.05, 0) is 21.7 Å². The van der Waals surface area contributed by atoms with Crippen molar-refractivity contribution >= 4 is 5.78 Å². The lowest BCUT2D eigenvalue weighted by atomic mass is 9.48. The molecule has 2 rings (SSSR count). The van der Waals surface area contributed by atoms with Crippen molar-refractivity contribution in [3.63, 3.8) is 0 Å². The molecule has 2 aliphatic carbocycles. The van der Waals surface area contributed by atoms with E-state index in [0.717, 1.165) is 0 Å². The van der Waals surface area contributed by atoms with Crippen LogP contribution in [0.1, 0.15) is 96.9 Å². The van der Waals surface area contributed by atoms with E-state index in [1.54, 1.807) is 0 Å². The molecule has 32 heavy (non-hydrogen) atoms. The number of hydrogen-bond acceptors (Lipinski definition) is 1. The Bertz CT molecular complexity index is 791. The highest BCUT2D eigenvalue weighted by Crippen LogP contribution is 2.60. The lowest BCUT2D eigenvalue weighted by Gasteiger charge is -2.55. The predicted octanol–water partition coefficient (Wildman–Crippen LogP) is 8.98. The van der Waals surface area contributed by atoms with Gasteiger partial charge in [-0.1, -0.05) is 145 Å². The van der Waals surface area contributed by atoms with E-state index in [9.17, 15) is 0 Å². The first-order valence-corrected chi connectivity index (χ1v) is 12.4. The van der Waals surface area contributed by atoms with Crippen molar-refractivity contribution in [3.05, 3.63) is 47.6 Å². The first kappa shape index (κ1) is 26.9. The molecular formula is C31H50O. The van der Waals surface area contributed by atoms with Gasteiger partial charge in [0.25, 0.3) is 0 Å². The first-order valence-electron chi connectivity index (χ1n) is 12.4. The second-order valence-electron chi connectivity index (χ2n) is 14.8. The van der Waals surface area contributed by atoms with Gasteiger partial charge in [0.15, 0.2) is 0 Å². The molecule has 2 aliphatic rings. The molecule has 0 amide bonds. The Kier molecular flexibility index (Phi) is 6.59. The van der Waals surface area contributed by atoms with Crippen LogP contribution in [0.25, 0.3) is 0 Å². The number of hydrogen-bond donors (Lipinski definition) is 0. The smallest absolute Gasteiger partial charge is 0.148 e. The molecule has 0 saturated carbocycles. The zero-order valence-corrected chi connectivity index (χ0v) is 23.5. The highest BCUT2D eigenvalue weighted by molar-refractivity contribution is 5.92. The van der Waals surface area contributed by atoms with E-state index >= 15 is 4.79 Å². The van der Waals surface area contributed by atoms with Gasteiger partial charge < -0.3 is 0 Å². The number of carbonyl (C=O) groups excluding carboxylic acids is 1. The van der Waals surface area contributed by atoms with Gasteiger partial charge in [0.1, 0.15) is 5.78 Å². The molecule has 0 heterocycles. The topological polar surface area (TPSA) is 17.1 Å². The molecule has 0 aromatic rings. The van der Waals surface area contributed by atoms with E-state index in [-0.39, 0.29) is 44.3 Å². The maximum Gasteiger partial charge on any atom is 0.148 e. The summed E-state index contributed by atoms with van der Waals surface area (Å²) >= 11 is 0. The van der Waals surface area contributed by atoms with Crippen LogP contribution >= 0.6 is 0 Å². The summed E-state index contributed by atoms with van der Waals surface area (Å²) in [6.45, 7) is 31.9. The lowest BCUT2D eigenvalue weighted by Crippen LogP contribution is -2.53. The SMILES string of the molecule is CC(C)(C)C1=CC=CC(C)(C(C)(C)C)C1C(=O)C1C(C(C)(C)C)=CC=CC1(C)C(C)(C)C. The summed E-state index contributed by atoms with van der Waals surface area (Å²) in [5.74, 6) is 0.0729. The fraction of sp³-hybridized carbons (Fsp3) is 0.710. The Balaban J connectivity index is 2.85. The van der Waals surface area contributed by atoms with Gasteiger partial charge >= 0.3 is 0 Å². The maximum atomic E-state index is 15.0. The van der Waals surface area contributed by atoms with Crippen LogP contribution in [0.3, 0.4) is 0 Å². The number of rotatable bonds is 2. The third-order valence-corrected chi connectivity index (χ3v) is 8.79. The van der Waals surface area contributed by atoms with Gasteiger partial charge in [-0.2, -0.15) is 0 Å². The molecule has 0 bridgehead atoms. The van der Waals surface area contributed by atoms with E-state index in [1.165, 1.54) is 11.1 Å². The van der Waals surface area contributed by atoms with Crippen molar-refractivity contribution in [1.82, 2.24) is 0 Å². The highest BCUT2D eigenvalue weighted by atomic mass is 16.1. The summed E-state index contributed by atoms with van der Waals surface area (Å²) in [7, 11) is 0. The molecule has 0 radical (unpaired) electrons. The number of ketones is 1. The Labute approximate surface area is 199 Å². The summed E-state index contributed by atoms with van der Waals surface area (Å²) in [6, 6.07) is 0. The molecule has 0 aromatic carbocycles. The van der Waals surface area contributed by atoms with Crippen LogP contribution in [0.5, 0.6) is 0 Å². The summed E-state index contributed by atoms with van der Waals surface area (Å²) in [4.78, 5) is 15.0. The molecule has 0 spiro atoms. The van der Waals surface area contributed by atoms with Crippen molar-refractivity contribution in [1.29, 1.82) is 0 Å². The Morgan fingerprint density at radius 3 is 1.12 bits per heavy atom. The van der Waals surface area contributed by atoms with Crippen LogP contribution in [0, 0.1) is 44.3 Å². The van der Waals surface area contributed by atoms with Gasteiger partial charge in [-0.25, -0.2) is 0 Å². The van der Waals surface area contributed by atoms with Gasteiger partial charge in [0.2, 0.25) is 0 Å². The van der Waals surface area contributed by atoms with Crippen LogP contribution < -0.4 is 0 Å². The molecule has 1 heteroatoms. The molecule has 0 fully saturated rings. The van der Waals surface area contributed by atoms with E-state index in [4.69, 9.17) is 0 Å². The zero-order valence-electron chi connectivity index (χ0n) is 23.5. The minimum absolute atomic E-state index is 0.0527. The standard InChI is InChI=1S/C31H50O/c1-26(2,3)21-17-15-19-30(13,28(7,8)9)23(21)25(32)24-22(27(4,5)6)18-16-20-31(24,14)29(10,11)12/h15-20,23-24H,1-14H3. The van der Waals surface area contributed by atoms with Gasteiger partial charge in [-0.3, -0.25) is 4.79 Å². The molecule has 0 N–H and O–H groups in total. The number of allylic oxidation sites excluding steroid dienone is 8. The van der Waals surface area contributed by atoms with Crippen molar-refractivity contribution < 1.29 is 4.79 Å². The predicted molar refractivity (Wildman–Crippen MR) is 140 cm³/mol. The fourth-order valence-corrected chi connectivity index (χ4v) is 5.53. The minimum atomic E-state index is -0.260. The largest absolute Gasteiger partial charge is 0.298 e. The normalized spacial score (nSPS) is 31.9. The quantitative estimate of drug-likeness (QED) is 0.420. The zero-order chi connectivity index (χ0) is 25.1. The second kappa shape index (κ2) is 7.85. The molecule has 0 saturated heterocycles. The van der Waals surface area contributed by atoms with Crippen LogP contribution in [0.2, 0.25) is 0 Å².